The van der Waals surface area contributed by atoms with Crippen molar-refractivity contribution in [2.75, 3.05) is 14.1 Å². The van der Waals surface area contributed by atoms with Gasteiger partial charge >= 0.3 is 5.97 Å². The number of fused-ring (bicyclic) bond motifs is 3. The van der Waals surface area contributed by atoms with Gasteiger partial charge in [0.2, 0.25) is 5.78 Å². The van der Waals surface area contributed by atoms with Crippen LogP contribution in [-0.2, 0) is 30.3 Å². The molecule has 3 aliphatic rings. The zero-order valence-corrected chi connectivity index (χ0v) is 24.0. The highest BCUT2D eigenvalue weighted by Crippen LogP contribution is 2.58. The molecule has 0 aromatic heterocycles. The van der Waals surface area contributed by atoms with Gasteiger partial charge in [0.15, 0.2) is 11.4 Å². The number of carbonyl (C=O) groups is 4. The normalized spacial score (nSPS) is 28.3. The topological polar surface area (TPSA) is 188 Å². The largest absolute Gasteiger partial charge is 0.508 e. The molecule has 0 aliphatic heterocycles. The first-order chi connectivity index (χ1) is 20.4. The second-order valence-electron chi connectivity index (χ2n) is 11.5. The van der Waals surface area contributed by atoms with Crippen LogP contribution in [0.1, 0.15) is 42.4 Å². The predicted octanol–water partition coefficient (Wildman–Crippen LogP) is 2.07. The number of aliphatic hydroxyl groups excluding tert-OH is 2. The van der Waals surface area contributed by atoms with Crippen molar-refractivity contribution in [3.63, 3.8) is 0 Å². The molecule has 43 heavy (non-hydrogen) atoms. The third-order valence-electron chi connectivity index (χ3n) is 8.91. The number of benzene rings is 2. The fourth-order valence-corrected chi connectivity index (χ4v) is 7.05. The van der Waals surface area contributed by atoms with E-state index in [1.807, 2.05) is 30.3 Å². The quantitative estimate of drug-likeness (QED) is 0.236. The van der Waals surface area contributed by atoms with Crippen molar-refractivity contribution in [2.24, 2.45) is 17.6 Å². The first-order valence-corrected chi connectivity index (χ1v) is 14.1. The number of Topliss-reactive ketones (excluding diaryl/α,β-unsaturated/α-hetero) is 2. The number of hydrogen-bond donors (Lipinski definition) is 5. The number of aryl methyl sites for hydroxylation is 1. The summed E-state index contributed by atoms with van der Waals surface area (Å²) in [6.07, 6.45) is -0.670. The highest BCUT2D eigenvalue weighted by molar-refractivity contribution is 6.24. The summed E-state index contributed by atoms with van der Waals surface area (Å²) in [6.45, 7) is 1.55. The van der Waals surface area contributed by atoms with Gasteiger partial charge in [0.25, 0.3) is 5.91 Å². The van der Waals surface area contributed by atoms with Crippen LogP contribution in [-0.4, -0.2) is 80.6 Å². The summed E-state index contributed by atoms with van der Waals surface area (Å²) in [4.78, 5) is 54.8. The standard InChI is InChI=1S/C32H34N2O9/c1-4-19(36)43-28-21-17(14-13-15-9-6-5-7-10-15)16-11-8-12-18(35)20(16)26(37)22(21)29(39)32(42)24(28)25(34(2)3)27(38)23(30(32)40)31(33)41/h5-12,17,21,24-25,28,35,37,40,42H,4,13-14H2,1-3H3,(H2,33,41)/t17-,21-,24-,25+,28+,32+/m1/s1. The Labute approximate surface area is 247 Å². The molecule has 0 heterocycles. The third-order valence-corrected chi connectivity index (χ3v) is 8.91. The van der Waals surface area contributed by atoms with E-state index in [1.165, 1.54) is 25.1 Å². The molecule has 2 aromatic rings. The maximum Gasteiger partial charge on any atom is 0.305 e. The van der Waals surface area contributed by atoms with E-state index in [0.717, 1.165) is 5.56 Å². The van der Waals surface area contributed by atoms with Gasteiger partial charge in [-0.3, -0.25) is 24.1 Å². The molecule has 0 bridgehead atoms. The lowest BCUT2D eigenvalue weighted by Gasteiger charge is -2.55. The van der Waals surface area contributed by atoms with Gasteiger partial charge in [0.1, 0.15) is 28.9 Å². The molecule has 6 N–H and O–H groups in total. The minimum atomic E-state index is -2.97. The van der Waals surface area contributed by atoms with Crippen molar-refractivity contribution in [2.45, 2.75) is 49.9 Å². The van der Waals surface area contributed by atoms with Gasteiger partial charge in [-0.1, -0.05) is 49.4 Å². The summed E-state index contributed by atoms with van der Waals surface area (Å²) >= 11 is 0. The van der Waals surface area contributed by atoms with Crippen molar-refractivity contribution in [1.29, 1.82) is 0 Å². The molecule has 0 unspecified atom stereocenters. The lowest BCUT2D eigenvalue weighted by molar-refractivity contribution is -0.185. The average Bonchev–Trinajstić information content (AvgIpc) is 2.96. The smallest absolute Gasteiger partial charge is 0.305 e. The Bertz CT molecular complexity index is 1580. The Balaban J connectivity index is 1.82. The Morgan fingerprint density at radius 2 is 1.70 bits per heavy atom. The molecule has 0 radical (unpaired) electrons. The van der Waals surface area contributed by atoms with E-state index in [1.54, 1.807) is 19.1 Å². The van der Waals surface area contributed by atoms with Crippen LogP contribution in [0.3, 0.4) is 0 Å². The molecule has 1 fully saturated rings. The van der Waals surface area contributed by atoms with E-state index in [-0.39, 0.29) is 23.3 Å². The molecule has 11 nitrogen and oxygen atoms in total. The number of aliphatic hydroxyl groups is 3. The highest BCUT2D eigenvalue weighted by Gasteiger charge is 2.69. The van der Waals surface area contributed by atoms with E-state index in [9.17, 15) is 39.6 Å². The van der Waals surface area contributed by atoms with Gasteiger partial charge < -0.3 is 30.9 Å². The number of hydrogen-bond acceptors (Lipinski definition) is 10. The molecule has 3 aliphatic carbocycles. The molecule has 1 amide bonds. The van der Waals surface area contributed by atoms with E-state index in [4.69, 9.17) is 10.5 Å². The van der Waals surface area contributed by atoms with Crippen LogP contribution in [0, 0.1) is 11.8 Å². The Kier molecular flexibility index (Phi) is 7.66. The number of phenols is 1. The van der Waals surface area contributed by atoms with Crippen LogP contribution in [0.5, 0.6) is 5.75 Å². The number of phenolic OH excluding ortho intramolecular Hbond substituents is 1. The van der Waals surface area contributed by atoms with E-state index in [0.29, 0.717) is 18.4 Å². The summed E-state index contributed by atoms with van der Waals surface area (Å²) in [5.41, 5.74) is 2.54. The summed E-state index contributed by atoms with van der Waals surface area (Å²) in [5, 5.41) is 45.9. The monoisotopic (exact) mass is 590 g/mol. The van der Waals surface area contributed by atoms with Crippen molar-refractivity contribution in [1.82, 2.24) is 4.90 Å². The lowest BCUT2D eigenvalue weighted by Crippen LogP contribution is -2.71. The number of amides is 1. The van der Waals surface area contributed by atoms with Gasteiger partial charge in [-0.2, -0.15) is 0 Å². The van der Waals surface area contributed by atoms with E-state index in [2.05, 4.69) is 0 Å². The van der Waals surface area contributed by atoms with Crippen LogP contribution < -0.4 is 5.73 Å². The van der Waals surface area contributed by atoms with Crippen LogP contribution in [0.4, 0.5) is 0 Å². The molecule has 1 saturated carbocycles. The Hall–Kier alpha value is -4.48. The van der Waals surface area contributed by atoms with Gasteiger partial charge in [0.05, 0.1) is 17.5 Å². The number of nitrogens with zero attached hydrogens (tertiary/aromatic N) is 1. The van der Waals surface area contributed by atoms with Crippen LogP contribution in [0.2, 0.25) is 0 Å². The maximum atomic E-state index is 14.5. The molecule has 226 valence electrons. The van der Waals surface area contributed by atoms with Gasteiger partial charge in [-0.05, 0) is 50.0 Å². The number of ketones is 2. The zero-order valence-electron chi connectivity index (χ0n) is 24.0. The van der Waals surface area contributed by atoms with Crippen molar-refractivity contribution in [3.8, 4) is 5.75 Å². The number of aromatic hydroxyl groups is 1. The average molecular weight is 591 g/mol. The first-order valence-electron chi connectivity index (χ1n) is 14.1. The van der Waals surface area contributed by atoms with E-state index < -0.39 is 76.0 Å². The van der Waals surface area contributed by atoms with Gasteiger partial charge in [-0.25, -0.2) is 0 Å². The number of primary amides is 1. The number of nitrogens with two attached hydrogens (primary N) is 1. The fourth-order valence-electron chi connectivity index (χ4n) is 7.05. The van der Waals surface area contributed by atoms with Crippen molar-refractivity contribution >= 4 is 29.2 Å². The molecule has 11 heteroatoms. The van der Waals surface area contributed by atoms with Crippen molar-refractivity contribution < 1.29 is 44.3 Å². The molecule has 5 rings (SSSR count). The summed E-state index contributed by atoms with van der Waals surface area (Å²) in [6, 6.07) is 12.7. The maximum absolute atomic E-state index is 14.5. The Morgan fingerprint density at radius 3 is 2.30 bits per heavy atom. The minimum absolute atomic E-state index is 0.0302. The summed E-state index contributed by atoms with van der Waals surface area (Å²) in [7, 11) is 2.97. The molecule has 0 saturated heterocycles. The third kappa shape index (κ3) is 4.50. The van der Waals surface area contributed by atoms with Crippen LogP contribution in [0.15, 0.2) is 65.4 Å². The SMILES string of the molecule is CCC(=O)O[C@H]1[C@H]2C(=C(O)c3c(O)cccc3[C@H]2CCc2ccccc2)C(=O)[C@]2(O)C(O)=C(C(N)=O)C(=O)[C@@H](N(C)C)[C@H]12. The number of esters is 1. The fraction of sp³-hybridized carbons (Fsp3) is 0.375. The highest BCUT2D eigenvalue weighted by atomic mass is 16.5. The number of rotatable bonds is 7. The second kappa shape index (κ2) is 11.0. The zero-order chi connectivity index (χ0) is 31.4. The van der Waals surface area contributed by atoms with Gasteiger partial charge in [-0.15, -0.1) is 0 Å². The molecular formula is C32H34N2O9. The predicted molar refractivity (Wildman–Crippen MR) is 154 cm³/mol. The van der Waals surface area contributed by atoms with Gasteiger partial charge in [0, 0.05) is 17.9 Å². The van der Waals surface area contributed by atoms with Crippen LogP contribution in [0.25, 0.3) is 5.76 Å². The summed E-state index contributed by atoms with van der Waals surface area (Å²) < 4.78 is 5.95. The Morgan fingerprint density at radius 1 is 1.02 bits per heavy atom. The first kappa shape index (κ1) is 30.0. The molecular weight excluding hydrogens is 556 g/mol. The molecule has 0 spiro atoms. The molecule has 6 atom stereocenters. The number of ether oxygens (including phenoxy) is 1. The summed E-state index contributed by atoms with van der Waals surface area (Å²) in [5.74, 6) is -9.77. The minimum Gasteiger partial charge on any atom is -0.508 e. The molecule has 2 aromatic carbocycles. The second-order valence-corrected chi connectivity index (χ2v) is 11.5. The van der Waals surface area contributed by atoms with E-state index >= 15 is 0 Å². The lowest BCUT2D eigenvalue weighted by atomic mass is 9.53. The van der Waals surface area contributed by atoms with Crippen molar-refractivity contribution in [3.05, 3.63) is 82.1 Å². The number of carbonyl (C=O) groups excluding carboxylic acids is 4. The number of likely N-dealkylation sites (N-methyl/N-ethyl adjacent to an activating group) is 1. The van der Waals surface area contributed by atoms with Crippen LogP contribution >= 0.6 is 0 Å².